The highest BCUT2D eigenvalue weighted by Crippen LogP contribution is 2.25. The van der Waals surface area contributed by atoms with E-state index in [1.54, 1.807) is 4.90 Å². The lowest BCUT2D eigenvalue weighted by Crippen LogP contribution is -2.38. The second-order valence-corrected chi connectivity index (χ2v) is 10.1. The van der Waals surface area contributed by atoms with E-state index in [0.717, 1.165) is 5.69 Å². The van der Waals surface area contributed by atoms with Crippen molar-refractivity contribution < 1.29 is 17.6 Å². The monoisotopic (exact) mass is 409 g/mol. The largest absolute Gasteiger partial charge is 0.416 e. The van der Waals surface area contributed by atoms with E-state index in [4.69, 9.17) is 4.42 Å². The van der Waals surface area contributed by atoms with Crippen molar-refractivity contribution in [2.75, 3.05) is 22.2 Å². The first-order valence-electron chi connectivity index (χ1n) is 8.87. The maximum Gasteiger partial charge on any atom is 0.277 e. The molecule has 0 bridgehead atoms. The average molecular weight is 410 g/mol. The Morgan fingerprint density at radius 3 is 2.67 bits per heavy atom. The van der Waals surface area contributed by atoms with Crippen LogP contribution in [0.15, 0.2) is 40.0 Å². The molecule has 27 heavy (non-hydrogen) atoms. The van der Waals surface area contributed by atoms with E-state index in [-0.39, 0.29) is 35.1 Å². The number of nitrogens with zero attached hydrogens (tertiary/aromatic N) is 3. The molecule has 146 valence electrons. The van der Waals surface area contributed by atoms with Crippen LogP contribution in [0.5, 0.6) is 0 Å². The molecule has 1 saturated heterocycles. The lowest BCUT2D eigenvalue weighted by atomic mass is 10.1. The van der Waals surface area contributed by atoms with Crippen LogP contribution in [0.1, 0.15) is 26.2 Å². The summed E-state index contributed by atoms with van der Waals surface area (Å²) >= 11 is 1.20. The summed E-state index contributed by atoms with van der Waals surface area (Å²) in [5, 5.41) is 8.29. The molecule has 1 aliphatic heterocycles. The number of hydrogen-bond acceptors (Lipinski definition) is 7. The van der Waals surface area contributed by atoms with Crippen LogP contribution in [0, 0.1) is 5.92 Å². The molecule has 1 aromatic heterocycles. The Bertz CT molecular complexity index is 881. The third-order valence-corrected chi connectivity index (χ3v) is 7.02. The first-order chi connectivity index (χ1) is 12.8. The molecule has 1 amide bonds. The Morgan fingerprint density at radius 1 is 1.30 bits per heavy atom. The summed E-state index contributed by atoms with van der Waals surface area (Å²) in [5.74, 6) is 1.01. The summed E-state index contributed by atoms with van der Waals surface area (Å²) in [6.45, 7) is 3.94. The molecule has 0 aliphatic carbocycles. The Balaban J connectivity index is 1.57. The lowest BCUT2D eigenvalue weighted by molar-refractivity contribution is -0.116. The lowest BCUT2D eigenvalue weighted by Gasteiger charge is -2.26. The highest BCUT2D eigenvalue weighted by atomic mass is 32.2. The number of sulfone groups is 1. The second-order valence-electron chi connectivity index (χ2n) is 6.92. The maximum absolute atomic E-state index is 12.7. The quantitative estimate of drug-likeness (QED) is 0.649. The molecule has 2 heterocycles. The molecule has 3 rings (SSSR count). The van der Waals surface area contributed by atoms with Gasteiger partial charge in [-0.2, -0.15) is 0 Å². The molecular formula is C18H23N3O4S2. The summed E-state index contributed by atoms with van der Waals surface area (Å²) in [4.78, 5) is 14.4. The van der Waals surface area contributed by atoms with Crippen LogP contribution in [-0.4, -0.2) is 47.8 Å². The van der Waals surface area contributed by atoms with Crippen molar-refractivity contribution in [2.45, 2.75) is 38.0 Å². The highest BCUT2D eigenvalue weighted by Gasteiger charge is 2.29. The molecule has 1 atom stereocenters. The minimum atomic E-state index is -2.92. The number of rotatable bonds is 7. The van der Waals surface area contributed by atoms with Crippen LogP contribution in [0.4, 0.5) is 5.69 Å². The fourth-order valence-electron chi connectivity index (χ4n) is 3.17. The van der Waals surface area contributed by atoms with Gasteiger partial charge in [0.1, 0.15) is 0 Å². The van der Waals surface area contributed by atoms with Crippen LogP contribution < -0.4 is 4.90 Å². The maximum atomic E-state index is 12.7. The van der Waals surface area contributed by atoms with Crippen LogP contribution in [0.3, 0.4) is 0 Å². The SMILES string of the molecule is CC(C)N(C(=O)CSc1nnc(C[C@@H]2CCS(=O)(=O)C2)o1)c1ccccc1. The number of carbonyl (C=O) groups excluding carboxylic acids is 1. The molecular weight excluding hydrogens is 386 g/mol. The first kappa shape index (κ1) is 19.9. The molecule has 0 radical (unpaired) electrons. The predicted molar refractivity (Wildman–Crippen MR) is 105 cm³/mol. The number of benzene rings is 1. The van der Waals surface area contributed by atoms with Crippen molar-refractivity contribution in [3.63, 3.8) is 0 Å². The summed E-state index contributed by atoms with van der Waals surface area (Å²) < 4.78 is 28.7. The molecule has 0 N–H and O–H groups in total. The Kier molecular flexibility index (Phi) is 6.21. The van der Waals surface area contributed by atoms with Crippen molar-refractivity contribution in [1.82, 2.24) is 10.2 Å². The highest BCUT2D eigenvalue weighted by molar-refractivity contribution is 7.99. The van der Waals surface area contributed by atoms with Crippen molar-refractivity contribution in [1.29, 1.82) is 0 Å². The zero-order chi connectivity index (χ0) is 19.4. The standard InChI is InChI=1S/C18H23N3O4S2/c1-13(2)21(15-6-4-3-5-7-15)17(22)11-26-18-20-19-16(25-18)10-14-8-9-27(23,24)12-14/h3-7,13-14H,8-12H2,1-2H3/t14-/m0/s1. The first-order valence-corrected chi connectivity index (χ1v) is 11.7. The van der Waals surface area contributed by atoms with Gasteiger partial charge in [0.2, 0.25) is 11.8 Å². The molecule has 7 nitrogen and oxygen atoms in total. The van der Waals surface area contributed by atoms with Gasteiger partial charge in [-0.3, -0.25) is 4.79 Å². The van der Waals surface area contributed by atoms with Gasteiger partial charge in [-0.05, 0) is 38.3 Å². The number of carbonyl (C=O) groups is 1. The number of aromatic nitrogens is 2. The second kappa shape index (κ2) is 8.43. The number of hydrogen-bond donors (Lipinski definition) is 0. The summed E-state index contributed by atoms with van der Waals surface area (Å²) in [7, 11) is -2.92. The molecule has 0 saturated carbocycles. The van der Waals surface area contributed by atoms with Crippen LogP contribution in [-0.2, 0) is 21.1 Å². The van der Waals surface area contributed by atoms with E-state index in [1.807, 2.05) is 44.2 Å². The van der Waals surface area contributed by atoms with Gasteiger partial charge in [-0.15, -0.1) is 10.2 Å². The van der Waals surface area contributed by atoms with E-state index in [2.05, 4.69) is 10.2 Å². The fraction of sp³-hybridized carbons (Fsp3) is 0.500. The van der Waals surface area contributed by atoms with Crippen molar-refractivity contribution in [3.8, 4) is 0 Å². The topological polar surface area (TPSA) is 93.4 Å². The van der Waals surface area contributed by atoms with Gasteiger partial charge in [-0.1, -0.05) is 30.0 Å². The van der Waals surface area contributed by atoms with Gasteiger partial charge in [0.15, 0.2) is 9.84 Å². The van der Waals surface area contributed by atoms with Crippen LogP contribution in [0.25, 0.3) is 0 Å². The fourth-order valence-corrected chi connectivity index (χ4v) is 5.67. The van der Waals surface area contributed by atoms with E-state index < -0.39 is 9.84 Å². The summed E-state index contributed by atoms with van der Waals surface area (Å²) in [6, 6.07) is 9.56. The van der Waals surface area contributed by atoms with Gasteiger partial charge in [-0.25, -0.2) is 8.42 Å². The summed E-state index contributed by atoms with van der Waals surface area (Å²) in [5.41, 5.74) is 0.853. The van der Waals surface area contributed by atoms with Crippen molar-refractivity contribution in [3.05, 3.63) is 36.2 Å². The molecule has 9 heteroatoms. The predicted octanol–water partition coefficient (Wildman–Crippen LogP) is 2.58. The number of thioether (sulfide) groups is 1. The Labute approximate surface area is 163 Å². The number of amides is 1. The molecule has 1 aliphatic rings. The van der Waals surface area contributed by atoms with E-state index in [9.17, 15) is 13.2 Å². The van der Waals surface area contributed by atoms with E-state index in [0.29, 0.717) is 24.0 Å². The minimum absolute atomic E-state index is 0.0306. The van der Waals surface area contributed by atoms with Crippen LogP contribution in [0.2, 0.25) is 0 Å². The van der Waals surface area contributed by atoms with Gasteiger partial charge in [0.05, 0.1) is 17.3 Å². The third-order valence-electron chi connectivity index (χ3n) is 4.38. The molecule has 0 spiro atoms. The third kappa shape index (κ3) is 5.32. The van der Waals surface area contributed by atoms with Gasteiger partial charge >= 0.3 is 0 Å². The Hall–Kier alpha value is -1.87. The summed E-state index contributed by atoms with van der Waals surface area (Å²) in [6.07, 6.45) is 1.09. The zero-order valence-electron chi connectivity index (χ0n) is 15.4. The average Bonchev–Trinajstić information content (AvgIpc) is 3.20. The molecule has 2 aromatic rings. The van der Waals surface area contributed by atoms with Crippen molar-refractivity contribution in [2.24, 2.45) is 5.92 Å². The smallest absolute Gasteiger partial charge is 0.277 e. The number of anilines is 1. The molecule has 1 aromatic carbocycles. The van der Waals surface area contributed by atoms with E-state index >= 15 is 0 Å². The molecule has 1 fully saturated rings. The number of para-hydroxylation sites is 1. The van der Waals surface area contributed by atoms with Gasteiger partial charge in [0, 0.05) is 18.2 Å². The van der Waals surface area contributed by atoms with Crippen LogP contribution >= 0.6 is 11.8 Å². The minimum Gasteiger partial charge on any atom is -0.416 e. The Morgan fingerprint density at radius 2 is 2.04 bits per heavy atom. The van der Waals surface area contributed by atoms with Crippen molar-refractivity contribution >= 4 is 33.2 Å². The van der Waals surface area contributed by atoms with Gasteiger partial charge < -0.3 is 9.32 Å². The van der Waals surface area contributed by atoms with E-state index in [1.165, 1.54) is 11.8 Å². The zero-order valence-corrected chi connectivity index (χ0v) is 17.0. The molecule has 0 unspecified atom stereocenters. The normalized spacial score (nSPS) is 18.7. The van der Waals surface area contributed by atoms with Gasteiger partial charge in [0.25, 0.3) is 5.22 Å².